The van der Waals surface area contributed by atoms with E-state index in [9.17, 15) is 4.79 Å². The van der Waals surface area contributed by atoms with E-state index in [1.54, 1.807) is 24.5 Å². The Morgan fingerprint density at radius 2 is 2.10 bits per heavy atom. The molecule has 0 aliphatic heterocycles. The summed E-state index contributed by atoms with van der Waals surface area (Å²) in [4.78, 5) is 12.2. The molecule has 0 aliphatic rings. The molecular weight excluding hydrogens is 266 g/mol. The number of rotatable bonds is 5. The maximum absolute atomic E-state index is 12.2. The largest absolute Gasteiger partial charge is 0.469 e. The predicted octanol–water partition coefficient (Wildman–Crippen LogP) is 1.99. The van der Waals surface area contributed by atoms with Crippen molar-refractivity contribution in [2.24, 2.45) is 0 Å². The summed E-state index contributed by atoms with van der Waals surface area (Å²) >= 11 is 0. The first kappa shape index (κ1) is 14.9. The fourth-order valence-corrected chi connectivity index (χ4v) is 1.85. The SMILES string of the molecule is O=C(NCCc1ccco1)c1ccccc1C#CCCO. The van der Waals surface area contributed by atoms with Crippen molar-refractivity contribution in [1.29, 1.82) is 0 Å². The predicted molar refractivity (Wildman–Crippen MR) is 79.8 cm³/mol. The Balaban J connectivity index is 1.97. The van der Waals surface area contributed by atoms with E-state index in [2.05, 4.69) is 17.2 Å². The lowest BCUT2D eigenvalue weighted by Gasteiger charge is -2.06. The highest BCUT2D eigenvalue weighted by molar-refractivity contribution is 5.96. The average molecular weight is 283 g/mol. The third-order valence-corrected chi connectivity index (χ3v) is 2.87. The summed E-state index contributed by atoms with van der Waals surface area (Å²) in [5.41, 5.74) is 1.21. The Morgan fingerprint density at radius 3 is 2.86 bits per heavy atom. The van der Waals surface area contributed by atoms with Gasteiger partial charge in [-0.15, -0.1) is 0 Å². The van der Waals surface area contributed by atoms with Crippen LogP contribution in [0.1, 0.15) is 28.1 Å². The fourth-order valence-electron chi connectivity index (χ4n) is 1.85. The second-order valence-corrected chi connectivity index (χ2v) is 4.41. The molecule has 2 aromatic rings. The van der Waals surface area contributed by atoms with E-state index in [0.717, 1.165) is 5.76 Å². The van der Waals surface area contributed by atoms with Gasteiger partial charge in [-0.25, -0.2) is 0 Å². The quantitative estimate of drug-likeness (QED) is 0.825. The van der Waals surface area contributed by atoms with Gasteiger partial charge in [0.2, 0.25) is 0 Å². The van der Waals surface area contributed by atoms with Gasteiger partial charge < -0.3 is 14.8 Å². The number of amides is 1. The summed E-state index contributed by atoms with van der Waals surface area (Å²) in [5, 5.41) is 11.6. The van der Waals surface area contributed by atoms with E-state index in [1.165, 1.54) is 0 Å². The number of hydrogen-bond acceptors (Lipinski definition) is 3. The van der Waals surface area contributed by atoms with Gasteiger partial charge in [-0.2, -0.15) is 0 Å². The molecule has 0 aliphatic carbocycles. The lowest BCUT2D eigenvalue weighted by molar-refractivity contribution is 0.0953. The van der Waals surface area contributed by atoms with Crippen molar-refractivity contribution in [3.05, 3.63) is 59.5 Å². The minimum absolute atomic E-state index is 0.0184. The van der Waals surface area contributed by atoms with E-state index in [-0.39, 0.29) is 12.5 Å². The third-order valence-electron chi connectivity index (χ3n) is 2.87. The molecule has 1 aromatic carbocycles. The number of aliphatic hydroxyl groups is 1. The van der Waals surface area contributed by atoms with Crippen LogP contribution in [0.5, 0.6) is 0 Å². The molecular formula is C17H17NO3. The molecule has 4 heteroatoms. The van der Waals surface area contributed by atoms with Gasteiger partial charge in [0.15, 0.2) is 0 Å². The number of carbonyl (C=O) groups excluding carboxylic acids is 1. The topological polar surface area (TPSA) is 62.5 Å². The summed E-state index contributed by atoms with van der Waals surface area (Å²) < 4.78 is 5.21. The van der Waals surface area contributed by atoms with E-state index in [4.69, 9.17) is 9.52 Å². The first-order valence-corrected chi connectivity index (χ1v) is 6.80. The first-order chi connectivity index (χ1) is 10.3. The molecule has 0 radical (unpaired) electrons. The van der Waals surface area contributed by atoms with Crippen molar-refractivity contribution in [2.45, 2.75) is 12.8 Å². The summed E-state index contributed by atoms with van der Waals surface area (Å²) in [7, 11) is 0. The van der Waals surface area contributed by atoms with E-state index in [0.29, 0.717) is 30.5 Å². The smallest absolute Gasteiger partial charge is 0.252 e. The van der Waals surface area contributed by atoms with Crippen molar-refractivity contribution in [3.63, 3.8) is 0 Å². The lowest BCUT2D eigenvalue weighted by atomic mass is 10.1. The monoisotopic (exact) mass is 283 g/mol. The molecule has 4 nitrogen and oxygen atoms in total. The van der Waals surface area contributed by atoms with Gasteiger partial charge in [-0.3, -0.25) is 4.79 Å². The minimum atomic E-state index is -0.157. The number of nitrogens with one attached hydrogen (secondary N) is 1. The maximum Gasteiger partial charge on any atom is 0.252 e. The number of aliphatic hydroxyl groups excluding tert-OH is 1. The highest BCUT2D eigenvalue weighted by Crippen LogP contribution is 2.07. The average Bonchev–Trinajstić information content (AvgIpc) is 3.01. The van der Waals surface area contributed by atoms with Crippen LogP contribution in [0.15, 0.2) is 47.1 Å². The van der Waals surface area contributed by atoms with Gasteiger partial charge in [0.05, 0.1) is 18.4 Å². The fraction of sp³-hybridized carbons (Fsp3) is 0.235. The molecule has 0 bridgehead atoms. The third kappa shape index (κ3) is 4.51. The number of hydrogen-bond donors (Lipinski definition) is 2. The molecule has 0 saturated heterocycles. The van der Waals surface area contributed by atoms with E-state index < -0.39 is 0 Å². The normalized spacial score (nSPS) is 9.76. The summed E-state index contributed by atoms with van der Waals surface area (Å²) in [6.07, 6.45) is 2.66. The minimum Gasteiger partial charge on any atom is -0.469 e. The van der Waals surface area contributed by atoms with Crippen LogP contribution in [0.2, 0.25) is 0 Å². The molecule has 1 aromatic heterocycles. The molecule has 1 heterocycles. The Kier molecular flexibility index (Phi) is 5.62. The van der Waals surface area contributed by atoms with Crippen LogP contribution in [0.25, 0.3) is 0 Å². The lowest BCUT2D eigenvalue weighted by Crippen LogP contribution is -2.26. The second-order valence-electron chi connectivity index (χ2n) is 4.41. The van der Waals surface area contributed by atoms with Gasteiger partial charge >= 0.3 is 0 Å². The van der Waals surface area contributed by atoms with Gasteiger partial charge in [-0.05, 0) is 24.3 Å². The second kappa shape index (κ2) is 7.93. The Morgan fingerprint density at radius 1 is 1.24 bits per heavy atom. The van der Waals surface area contributed by atoms with Crippen LogP contribution in [0.3, 0.4) is 0 Å². The van der Waals surface area contributed by atoms with Crippen LogP contribution in [0.4, 0.5) is 0 Å². The van der Waals surface area contributed by atoms with Gasteiger partial charge in [0.25, 0.3) is 5.91 Å². The van der Waals surface area contributed by atoms with Crippen molar-refractivity contribution in [1.82, 2.24) is 5.32 Å². The molecule has 2 rings (SSSR count). The van der Waals surface area contributed by atoms with Crippen molar-refractivity contribution in [3.8, 4) is 11.8 Å². The standard InChI is InChI=1S/C17H17NO3/c19-12-4-3-7-14-6-1-2-9-16(14)17(20)18-11-10-15-8-5-13-21-15/h1-2,5-6,8-9,13,19H,4,10-12H2,(H,18,20). The molecule has 108 valence electrons. The highest BCUT2D eigenvalue weighted by atomic mass is 16.3. The zero-order valence-corrected chi connectivity index (χ0v) is 11.6. The zero-order chi connectivity index (χ0) is 14.9. The first-order valence-electron chi connectivity index (χ1n) is 6.80. The van der Waals surface area contributed by atoms with Crippen LogP contribution in [-0.2, 0) is 6.42 Å². The van der Waals surface area contributed by atoms with Crippen LogP contribution >= 0.6 is 0 Å². The Hall–Kier alpha value is -2.51. The van der Waals surface area contributed by atoms with Crippen molar-refractivity contribution >= 4 is 5.91 Å². The molecule has 0 fully saturated rings. The number of benzene rings is 1. The van der Waals surface area contributed by atoms with Gasteiger partial charge in [0, 0.05) is 24.9 Å². The summed E-state index contributed by atoms with van der Waals surface area (Å²) in [6, 6.07) is 10.9. The van der Waals surface area contributed by atoms with E-state index >= 15 is 0 Å². The Bertz CT molecular complexity index is 636. The maximum atomic E-state index is 12.2. The van der Waals surface area contributed by atoms with Crippen LogP contribution < -0.4 is 5.32 Å². The number of furan rings is 1. The van der Waals surface area contributed by atoms with Crippen molar-refractivity contribution in [2.75, 3.05) is 13.2 Å². The van der Waals surface area contributed by atoms with Crippen LogP contribution in [-0.4, -0.2) is 24.2 Å². The molecule has 0 spiro atoms. The van der Waals surface area contributed by atoms with Gasteiger partial charge in [0.1, 0.15) is 5.76 Å². The van der Waals surface area contributed by atoms with Gasteiger partial charge in [-0.1, -0.05) is 24.0 Å². The molecule has 0 atom stereocenters. The van der Waals surface area contributed by atoms with Crippen LogP contribution in [0, 0.1) is 11.8 Å². The molecule has 21 heavy (non-hydrogen) atoms. The summed E-state index contributed by atoms with van der Waals surface area (Å²) in [5.74, 6) is 6.42. The molecule has 1 amide bonds. The zero-order valence-electron chi connectivity index (χ0n) is 11.6. The number of carbonyl (C=O) groups is 1. The molecule has 0 unspecified atom stereocenters. The molecule has 0 saturated carbocycles. The summed E-state index contributed by atoms with van der Waals surface area (Å²) in [6.45, 7) is 0.523. The van der Waals surface area contributed by atoms with E-state index in [1.807, 2.05) is 18.2 Å². The molecule has 2 N–H and O–H groups in total. The highest BCUT2D eigenvalue weighted by Gasteiger charge is 2.09. The van der Waals surface area contributed by atoms with Crippen molar-refractivity contribution < 1.29 is 14.3 Å². The Labute approximate surface area is 123 Å².